The first kappa shape index (κ1) is 11.4. The molecule has 0 fully saturated rings. The quantitative estimate of drug-likeness (QED) is 0.843. The molecule has 2 N–H and O–H groups in total. The molecule has 2 aromatic rings. The molecule has 4 nitrogen and oxygen atoms in total. The van der Waals surface area contributed by atoms with Crippen molar-refractivity contribution in [3.8, 4) is 11.6 Å². The van der Waals surface area contributed by atoms with Gasteiger partial charge in [0.15, 0.2) is 5.75 Å². The van der Waals surface area contributed by atoms with Crippen molar-refractivity contribution in [1.82, 2.24) is 9.97 Å². The van der Waals surface area contributed by atoms with E-state index in [1.54, 1.807) is 0 Å². The third-order valence-electron chi connectivity index (χ3n) is 2.51. The van der Waals surface area contributed by atoms with Gasteiger partial charge in [0.05, 0.1) is 6.20 Å². The number of aromatic hydroxyl groups is 2. The second kappa shape index (κ2) is 5.30. The maximum absolute atomic E-state index is 9.22. The zero-order valence-electron chi connectivity index (χ0n) is 9.37. The molecule has 0 aliphatic rings. The zero-order chi connectivity index (χ0) is 12.1. The van der Waals surface area contributed by atoms with Gasteiger partial charge in [-0.05, 0) is 18.4 Å². The van der Waals surface area contributed by atoms with Gasteiger partial charge in [-0.2, -0.15) is 4.98 Å². The minimum absolute atomic E-state index is 0.281. The van der Waals surface area contributed by atoms with Crippen LogP contribution in [0.15, 0.2) is 36.5 Å². The van der Waals surface area contributed by atoms with E-state index in [4.69, 9.17) is 5.11 Å². The Bertz CT molecular complexity index is 486. The lowest BCUT2D eigenvalue weighted by molar-refractivity contribution is 0.383. The van der Waals surface area contributed by atoms with Gasteiger partial charge in [0.25, 0.3) is 5.88 Å². The lowest BCUT2D eigenvalue weighted by atomic mass is 10.1. The van der Waals surface area contributed by atoms with Crippen LogP contribution in [0.5, 0.6) is 11.6 Å². The van der Waals surface area contributed by atoms with E-state index in [0.29, 0.717) is 12.2 Å². The van der Waals surface area contributed by atoms with Crippen molar-refractivity contribution < 1.29 is 10.2 Å². The first-order chi connectivity index (χ1) is 8.25. The van der Waals surface area contributed by atoms with E-state index in [9.17, 15) is 5.11 Å². The summed E-state index contributed by atoms with van der Waals surface area (Å²) in [7, 11) is 0. The molecule has 1 heterocycles. The van der Waals surface area contributed by atoms with E-state index in [1.165, 1.54) is 11.8 Å². The van der Waals surface area contributed by atoms with E-state index in [1.807, 2.05) is 18.2 Å². The Morgan fingerprint density at radius 1 is 1.00 bits per heavy atom. The molecule has 0 bridgehead atoms. The molecule has 88 valence electrons. The van der Waals surface area contributed by atoms with Gasteiger partial charge in [0.2, 0.25) is 0 Å². The van der Waals surface area contributed by atoms with E-state index in [2.05, 4.69) is 22.1 Å². The molecule has 0 atom stereocenters. The Balaban J connectivity index is 1.88. The summed E-state index contributed by atoms with van der Waals surface area (Å²) < 4.78 is 0. The van der Waals surface area contributed by atoms with E-state index in [-0.39, 0.29) is 11.6 Å². The topological polar surface area (TPSA) is 66.2 Å². The summed E-state index contributed by atoms with van der Waals surface area (Å²) in [6.45, 7) is 0. The fraction of sp³-hybridized carbons (Fsp3) is 0.231. The largest absolute Gasteiger partial charge is 0.502 e. The van der Waals surface area contributed by atoms with Crippen LogP contribution >= 0.6 is 0 Å². The van der Waals surface area contributed by atoms with Crippen molar-refractivity contribution in [1.29, 1.82) is 0 Å². The minimum Gasteiger partial charge on any atom is -0.502 e. The molecule has 0 unspecified atom stereocenters. The molecule has 2 rings (SSSR count). The van der Waals surface area contributed by atoms with E-state index in [0.717, 1.165) is 12.8 Å². The van der Waals surface area contributed by atoms with Crippen molar-refractivity contribution in [3.05, 3.63) is 47.9 Å². The Morgan fingerprint density at radius 2 is 1.76 bits per heavy atom. The second-order valence-corrected chi connectivity index (χ2v) is 3.83. The van der Waals surface area contributed by atoms with Crippen LogP contribution in [0.25, 0.3) is 0 Å². The van der Waals surface area contributed by atoms with Gasteiger partial charge < -0.3 is 10.2 Å². The van der Waals surface area contributed by atoms with Gasteiger partial charge in [-0.3, -0.25) is 0 Å². The Hall–Kier alpha value is -2.10. The summed E-state index contributed by atoms with van der Waals surface area (Å²) >= 11 is 0. The van der Waals surface area contributed by atoms with Gasteiger partial charge in [0, 0.05) is 6.42 Å². The molecule has 0 aliphatic heterocycles. The summed E-state index contributed by atoms with van der Waals surface area (Å²) in [6.07, 6.45) is 3.77. The third kappa shape index (κ3) is 3.17. The molecule has 4 heteroatoms. The predicted molar refractivity (Wildman–Crippen MR) is 63.8 cm³/mol. The van der Waals surface area contributed by atoms with Crippen molar-refractivity contribution in [3.63, 3.8) is 0 Å². The first-order valence-electron chi connectivity index (χ1n) is 5.53. The monoisotopic (exact) mass is 230 g/mol. The van der Waals surface area contributed by atoms with Gasteiger partial charge in [-0.15, -0.1) is 0 Å². The van der Waals surface area contributed by atoms with Crippen LogP contribution in [-0.4, -0.2) is 20.2 Å². The van der Waals surface area contributed by atoms with Crippen LogP contribution < -0.4 is 0 Å². The number of hydrogen-bond donors (Lipinski definition) is 2. The maximum Gasteiger partial charge on any atom is 0.257 e. The molecule has 1 aromatic heterocycles. The molecule has 0 saturated carbocycles. The number of nitrogens with zero attached hydrogens (tertiary/aromatic N) is 2. The lowest BCUT2D eigenvalue weighted by Crippen LogP contribution is -1.96. The van der Waals surface area contributed by atoms with Crippen LogP contribution in [0.3, 0.4) is 0 Å². The molecular formula is C13H14N2O2. The molecule has 0 aliphatic carbocycles. The SMILES string of the molecule is Oc1cnc(CCCc2ccccc2)nc1O. The van der Waals surface area contributed by atoms with Crippen LogP contribution in [0, 0.1) is 0 Å². The summed E-state index contributed by atoms with van der Waals surface area (Å²) in [5, 5.41) is 18.3. The molecule has 0 saturated heterocycles. The highest BCUT2D eigenvalue weighted by Crippen LogP contribution is 2.19. The van der Waals surface area contributed by atoms with Gasteiger partial charge in [0.1, 0.15) is 5.82 Å². The number of rotatable bonds is 4. The zero-order valence-corrected chi connectivity index (χ0v) is 9.37. The molecule has 17 heavy (non-hydrogen) atoms. The average Bonchev–Trinajstić information content (AvgIpc) is 2.35. The molecule has 0 spiro atoms. The summed E-state index contributed by atoms with van der Waals surface area (Å²) in [5.74, 6) is -0.0808. The Kier molecular flexibility index (Phi) is 3.55. The minimum atomic E-state index is -0.352. The van der Waals surface area contributed by atoms with Crippen molar-refractivity contribution in [2.45, 2.75) is 19.3 Å². The number of aryl methyl sites for hydroxylation is 2. The fourth-order valence-corrected chi connectivity index (χ4v) is 1.62. The summed E-state index contributed by atoms with van der Waals surface area (Å²) in [4.78, 5) is 7.75. The van der Waals surface area contributed by atoms with Crippen molar-refractivity contribution in [2.24, 2.45) is 0 Å². The smallest absolute Gasteiger partial charge is 0.257 e. The maximum atomic E-state index is 9.22. The Labute approximate surface area is 99.6 Å². The van der Waals surface area contributed by atoms with Crippen LogP contribution in [0.1, 0.15) is 17.8 Å². The highest BCUT2D eigenvalue weighted by Gasteiger charge is 2.03. The predicted octanol–water partition coefficient (Wildman–Crippen LogP) is 2.06. The van der Waals surface area contributed by atoms with Crippen LogP contribution in [0.4, 0.5) is 0 Å². The lowest BCUT2D eigenvalue weighted by Gasteiger charge is -2.02. The number of hydrogen-bond acceptors (Lipinski definition) is 4. The molecule has 0 amide bonds. The van der Waals surface area contributed by atoms with Crippen LogP contribution in [-0.2, 0) is 12.8 Å². The molecule has 0 radical (unpaired) electrons. The van der Waals surface area contributed by atoms with E-state index >= 15 is 0 Å². The highest BCUT2D eigenvalue weighted by atomic mass is 16.3. The number of benzene rings is 1. The summed E-state index contributed by atoms with van der Waals surface area (Å²) in [5.41, 5.74) is 1.27. The Morgan fingerprint density at radius 3 is 2.47 bits per heavy atom. The normalized spacial score (nSPS) is 10.4. The standard InChI is InChI=1S/C13H14N2O2/c16-11-9-14-12(15-13(11)17)8-4-7-10-5-2-1-3-6-10/h1-3,5-6,9,16H,4,7-8H2,(H,14,15,17). The third-order valence-corrected chi connectivity index (χ3v) is 2.51. The molecule has 1 aromatic carbocycles. The first-order valence-corrected chi connectivity index (χ1v) is 5.53. The fourth-order valence-electron chi connectivity index (χ4n) is 1.62. The van der Waals surface area contributed by atoms with Crippen molar-refractivity contribution in [2.75, 3.05) is 0 Å². The second-order valence-electron chi connectivity index (χ2n) is 3.83. The van der Waals surface area contributed by atoms with Gasteiger partial charge >= 0.3 is 0 Å². The number of aromatic nitrogens is 2. The van der Waals surface area contributed by atoms with E-state index < -0.39 is 0 Å². The average molecular weight is 230 g/mol. The highest BCUT2D eigenvalue weighted by molar-refractivity contribution is 5.27. The van der Waals surface area contributed by atoms with Gasteiger partial charge in [-0.25, -0.2) is 4.98 Å². The summed E-state index contributed by atoms with van der Waals surface area (Å²) in [6, 6.07) is 10.2. The van der Waals surface area contributed by atoms with Crippen LogP contribution in [0.2, 0.25) is 0 Å². The van der Waals surface area contributed by atoms with Crippen molar-refractivity contribution >= 4 is 0 Å². The molecular weight excluding hydrogens is 216 g/mol. The van der Waals surface area contributed by atoms with Gasteiger partial charge in [-0.1, -0.05) is 30.3 Å².